The van der Waals surface area contributed by atoms with Gasteiger partial charge in [-0.15, -0.1) is 0 Å². The van der Waals surface area contributed by atoms with Gasteiger partial charge in [0.1, 0.15) is 0 Å². The molecule has 0 unspecified atom stereocenters. The van der Waals surface area contributed by atoms with Gasteiger partial charge in [-0.1, -0.05) is 13.8 Å². The Bertz CT molecular complexity index is 174. The van der Waals surface area contributed by atoms with E-state index >= 15 is 0 Å². The zero-order chi connectivity index (χ0) is 8.85. The number of nitrogens with zero attached hydrogens (tertiary/aromatic N) is 1. The number of aliphatic carboxylic acids is 1. The molecule has 0 aliphatic rings. The van der Waals surface area contributed by atoms with Gasteiger partial charge in [0.25, 0.3) is 0 Å². The minimum Gasteiger partial charge on any atom is -0.550 e. The summed E-state index contributed by atoms with van der Waals surface area (Å²) in [5.41, 5.74) is 0. The smallest absolute Gasteiger partial charge is 0.550 e. The Balaban J connectivity index is 0. The fourth-order valence-electron chi connectivity index (χ4n) is 0.918. The van der Waals surface area contributed by atoms with E-state index in [4.69, 9.17) is 6.57 Å². The van der Waals surface area contributed by atoms with Crippen molar-refractivity contribution in [2.24, 2.45) is 5.92 Å². The fraction of sp³-hybridized carbons (Fsp3) is 0.750. The van der Waals surface area contributed by atoms with Crippen LogP contribution in [0.4, 0.5) is 0 Å². The standard InChI is InChI=1S/C8H13NO2.Na/c1-6(2)4-7(9-3)5-8(10)11;/h6-7H,4-5H2,1-2H3,(H,10,11);/q;+1/p-1/t7-;/m0./s1. The summed E-state index contributed by atoms with van der Waals surface area (Å²) in [6, 6.07) is -0.403. The molecule has 3 nitrogen and oxygen atoms in total. The molecule has 0 radical (unpaired) electrons. The summed E-state index contributed by atoms with van der Waals surface area (Å²) in [7, 11) is 0. The van der Waals surface area contributed by atoms with E-state index in [1.54, 1.807) is 0 Å². The quantitative estimate of drug-likeness (QED) is 0.351. The molecule has 0 spiro atoms. The molecule has 0 bridgehead atoms. The van der Waals surface area contributed by atoms with Crippen molar-refractivity contribution in [2.75, 3.05) is 0 Å². The van der Waals surface area contributed by atoms with E-state index in [0.29, 0.717) is 12.3 Å². The molecule has 62 valence electrons. The number of carboxylic acid groups (broad SMARTS) is 1. The van der Waals surface area contributed by atoms with Crippen LogP contribution in [0.15, 0.2) is 0 Å². The number of rotatable bonds is 4. The van der Waals surface area contributed by atoms with E-state index < -0.39 is 12.0 Å². The fourth-order valence-corrected chi connectivity index (χ4v) is 0.918. The van der Waals surface area contributed by atoms with Crippen LogP contribution in [-0.2, 0) is 4.79 Å². The molecule has 0 N–H and O–H groups in total. The Hall–Kier alpha value is -0.0400. The van der Waals surface area contributed by atoms with Crippen molar-refractivity contribution in [1.29, 1.82) is 0 Å². The summed E-state index contributed by atoms with van der Waals surface area (Å²) >= 11 is 0. The van der Waals surface area contributed by atoms with E-state index in [9.17, 15) is 9.90 Å². The molecule has 12 heavy (non-hydrogen) atoms. The van der Waals surface area contributed by atoms with Crippen LogP contribution in [0.5, 0.6) is 0 Å². The Morgan fingerprint density at radius 2 is 2.08 bits per heavy atom. The predicted molar refractivity (Wildman–Crippen MR) is 39.5 cm³/mol. The summed E-state index contributed by atoms with van der Waals surface area (Å²) in [4.78, 5) is 13.3. The average molecular weight is 177 g/mol. The molecule has 0 rings (SSSR count). The van der Waals surface area contributed by atoms with Gasteiger partial charge in [-0.05, 0) is 5.92 Å². The molecular weight excluding hydrogens is 165 g/mol. The Morgan fingerprint density at radius 3 is 2.33 bits per heavy atom. The first kappa shape index (κ1) is 14.5. The minimum atomic E-state index is -1.13. The van der Waals surface area contributed by atoms with Crippen molar-refractivity contribution in [2.45, 2.75) is 32.7 Å². The Morgan fingerprint density at radius 1 is 1.58 bits per heavy atom. The molecule has 0 aliphatic heterocycles. The van der Waals surface area contributed by atoms with E-state index in [1.165, 1.54) is 0 Å². The van der Waals surface area contributed by atoms with Crippen LogP contribution >= 0.6 is 0 Å². The maximum absolute atomic E-state index is 10.1. The minimum absolute atomic E-state index is 0. The third-order valence-corrected chi connectivity index (χ3v) is 1.33. The van der Waals surface area contributed by atoms with Crippen molar-refractivity contribution >= 4 is 5.97 Å². The second kappa shape index (κ2) is 7.60. The van der Waals surface area contributed by atoms with Gasteiger partial charge in [-0.25, -0.2) is 6.57 Å². The van der Waals surface area contributed by atoms with Gasteiger partial charge in [0, 0.05) is 12.4 Å². The number of hydrogen-bond donors (Lipinski definition) is 0. The topological polar surface area (TPSA) is 44.5 Å². The van der Waals surface area contributed by atoms with Crippen molar-refractivity contribution in [3.63, 3.8) is 0 Å². The molecular formula is C8H12NNaO2. The van der Waals surface area contributed by atoms with E-state index in [-0.39, 0.29) is 36.0 Å². The third kappa shape index (κ3) is 8.06. The zero-order valence-electron chi connectivity index (χ0n) is 7.83. The van der Waals surface area contributed by atoms with E-state index in [0.717, 1.165) is 0 Å². The summed E-state index contributed by atoms with van der Waals surface area (Å²) < 4.78 is 0. The summed E-state index contributed by atoms with van der Waals surface area (Å²) in [6.07, 6.45) is 0.499. The third-order valence-electron chi connectivity index (χ3n) is 1.33. The maximum atomic E-state index is 10.1. The van der Waals surface area contributed by atoms with Crippen molar-refractivity contribution in [1.82, 2.24) is 0 Å². The normalized spacial score (nSPS) is 11.5. The average Bonchev–Trinajstić information content (AvgIpc) is 1.84. The summed E-state index contributed by atoms with van der Waals surface area (Å²) in [5.74, 6) is -0.764. The van der Waals surface area contributed by atoms with Crippen LogP contribution in [0.25, 0.3) is 4.85 Å². The van der Waals surface area contributed by atoms with Gasteiger partial charge in [-0.2, -0.15) is 0 Å². The molecule has 1 atom stereocenters. The molecule has 0 aromatic heterocycles. The summed E-state index contributed by atoms with van der Waals surface area (Å²) in [5, 5.41) is 10.1. The Kier molecular flexibility index (Phi) is 9.17. The van der Waals surface area contributed by atoms with Gasteiger partial charge >= 0.3 is 29.6 Å². The van der Waals surface area contributed by atoms with Crippen LogP contribution in [-0.4, -0.2) is 12.0 Å². The van der Waals surface area contributed by atoms with Crippen LogP contribution in [0.3, 0.4) is 0 Å². The zero-order valence-corrected chi connectivity index (χ0v) is 9.83. The molecule has 0 heterocycles. The first-order valence-corrected chi connectivity index (χ1v) is 3.62. The van der Waals surface area contributed by atoms with E-state index in [2.05, 4.69) is 4.85 Å². The molecule has 0 aromatic carbocycles. The van der Waals surface area contributed by atoms with Crippen LogP contribution in [0, 0.1) is 12.5 Å². The molecule has 0 amide bonds. The second-order valence-corrected chi connectivity index (χ2v) is 2.99. The van der Waals surface area contributed by atoms with Crippen LogP contribution < -0.4 is 34.7 Å². The number of carboxylic acids is 1. The molecule has 0 fully saturated rings. The van der Waals surface area contributed by atoms with Crippen molar-refractivity contribution in [3.8, 4) is 0 Å². The molecule has 0 aromatic rings. The summed E-state index contributed by atoms with van der Waals surface area (Å²) in [6.45, 7) is 10.6. The van der Waals surface area contributed by atoms with Crippen LogP contribution in [0.1, 0.15) is 26.7 Å². The number of carbonyl (C=O) groups is 1. The van der Waals surface area contributed by atoms with Gasteiger partial charge < -0.3 is 14.7 Å². The van der Waals surface area contributed by atoms with Gasteiger partial charge in [0.15, 0.2) is 0 Å². The van der Waals surface area contributed by atoms with Crippen molar-refractivity contribution < 1.29 is 39.5 Å². The maximum Gasteiger partial charge on any atom is 1.00 e. The molecule has 0 aliphatic carbocycles. The SMILES string of the molecule is [C-]#[N+][C@H](CC(=O)[O-])CC(C)C.[Na+]. The van der Waals surface area contributed by atoms with Gasteiger partial charge in [-0.3, -0.25) is 0 Å². The first-order valence-electron chi connectivity index (χ1n) is 3.62. The number of hydrogen-bond acceptors (Lipinski definition) is 2. The van der Waals surface area contributed by atoms with E-state index in [1.807, 2.05) is 13.8 Å². The van der Waals surface area contributed by atoms with Crippen LogP contribution in [0.2, 0.25) is 0 Å². The van der Waals surface area contributed by atoms with Gasteiger partial charge in [0.05, 0.1) is 6.42 Å². The predicted octanol–water partition coefficient (Wildman–Crippen LogP) is -2.54. The van der Waals surface area contributed by atoms with Gasteiger partial charge in [0.2, 0.25) is 6.04 Å². The first-order chi connectivity index (χ1) is 5.06. The molecule has 0 saturated carbocycles. The van der Waals surface area contributed by atoms with Crippen molar-refractivity contribution in [3.05, 3.63) is 11.4 Å². The number of carbonyl (C=O) groups excluding carboxylic acids is 1. The second-order valence-electron chi connectivity index (χ2n) is 2.99. The molecule has 4 heteroatoms. The largest absolute Gasteiger partial charge is 1.00 e. The monoisotopic (exact) mass is 177 g/mol. The molecule has 0 saturated heterocycles. The Labute approximate surface area is 95.3 Å².